The average Bonchev–Trinajstić information content (AvgIpc) is 3.09. The van der Waals surface area contributed by atoms with E-state index in [0.717, 1.165) is 0 Å². The summed E-state index contributed by atoms with van der Waals surface area (Å²) in [5, 5.41) is 8.17. The molecule has 0 aliphatic rings. The van der Waals surface area contributed by atoms with Crippen LogP contribution in [0.4, 0.5) is 11.5 Å². The van der Waals surface area contributed by atoms with Crippen molar-refractivity contribution in [2.75, 3.05) is 11.1 Å². The number of nitrogens with two attached hydrogens (primary N) is 1. The summed E-state index contributed by atoms with van der Waals surface area (Å²) in [6.45, 7) is 0. The Kier molecular flexibility index (Phi) is 5.42. The van der Waals surface area contributed by atoms with Gasteiger partial charge in [0.25, 0.3) is 5.91 Å². The molecular weight excluding hydrogens is 459 g/mol. The molecule has 3 N–H and O–H groups in total. The third kappa shape index (κ3) is 4.00. The van der Waals surface area contributed by atoms with Crippen molar-refractivity contribution in [1.29, 1.82) is 0 Å². The van der Waals surface area contributed by atoms with Gasteiger partial charge in [0.2, 0.25) is 0 Å². The molecule has 0 aliphatic heterocycles. The van der Waals surface area contributed by atoms with Gasteiger partial charge < -0.3 is 11.1 Å². The van der Waals surface area contributed by atoms with Gasteiger partial charge in [0.05, 0.1) is 27.3 Å². The van der Waals surface area contributed by atoms with Gasteiger partial charge in [-0.1, -0.05) is 59.6 Å². The van der Waals surface area contributed by atoms with Crippen LogP contribution in [0.1, 0.15) is 15.9 Å². The highest BCUT2D eigenvalue weighted by molar-refractivity contribution is 6.42. The van der Waals surface area contributed by atoms with Crippen LogP contribution in [0.2, 0.25) is 10.0 Å². The van der Waals surface area contributed by atoms with Crippen molar-refractivity contribution < 1.29 is 4.79 Å². The summed E-state index contributed by atoms with van der Waals surface area (Å²) in [5.41, 5.74) is 9.96. The van der Waals surface area contributed by atoms with Crippen LogP contribution >= 0.6 is 23.2 Å². The maximum absolute atomic E-state index is 13.2. The number of benzene rings is 3. The van der Waals surface area contributed by atoms with Gasteiger partial charge >= 0.3 is 0 Å². The van der Waals surface area contributed by atoms with E-state index in [1.54, 1.807) is 36.5 Å². The smallest absolute Gasteiger partial charge is 0.261 e. The molecule has 5 aromatic rings. The molecule has 5 rings (SSSR count). The second-order valence-corrected chi connectivity index (χ2v) is 8.01. The Labute approximate surface area is 198 Å². The number of halogens is 2. The van der Waals surface area contributed by atoms with Crippen LogP contribution in [0.15, 0.2) is 77.9 Å². The third-order valence-electron chi connectivity index (χ3n) is 5.00. The molecule has 0 unspecified atom stereocenters. The molecule has 2 heterocycles. The number of nitrogens with one attached hydrogen (secondary N) is 1. The molecule has 3 aromatic carbocycles. The maximum atomic E-state index is 13.2. The molecule has 162 valence electrons. The molecule has 0 radical (unpaired) electrons. The highest BCUT2D eigenvalue weighted by atomic mass is 35.5. The summed E-state index contributed by atoms with van der Waals surface area (Å²) >= 11 is 12.1. The minimum atomic E-state index is -0.406. The number of anilines is 2. The van der Waals surface area contributed by atoms with E-state index < -0.39 is 5.91 Å². The summed E-state index contributed by atoms with van der Waals surface area (Å²) < 4.78 is 1.40. The summed E-state index contributed by atoms with van der Waals surface area (Å²) in [6, 6.07) is 21.6. The van der Waals surface area contributed by atoms with Crippen molar-refractivity contribution >= 4 is 69.0 Å². The van der Waals surface area contributed by atoms with E-state index in [1.165, 1.54) is 4.68 Å². The molecular formula is C24H16Cl2N6O. The molecule has 0 bridgehead atoms. The van der Waals surface area contributed by atoms with Crippen LogP contribution in [0.3, 0.4) is 0 Å². The van der Waals surface area contributed by atoms with E-state index in [-0.39, 0.29) is 11.4 Å². The van der Waals surface area contributed by atoms with Crippen molar-refractivity contribution in [3.05, 3.63) is 94.0 Å². The highest BCUT2D eigenvalue weighted by Crippen LogP contribution is 2.29. The Morgan fingerprint density at radius 1 is 0.939 bits per heavy atom. The Bertz CT molecular complexity index is 1550. The predicted octanol–water partition coefficient (Wildman–Crippen LogP) is 5.61. The maximum Gasteiger partial charge on any atom is 0.261 e. The Hall–Kier alpha value is -3.94. The van der Waals surface area contributed by atoms with E-state index in [0.29, 0.717) is 43.5 Å². The van der Waals surface area contributed by atoms with Crippen molar-refractivity contribution in [2.24, 2.45) is 5.10 Å². The zero-order valence-corrected chi connectivity index (χ0v) is 18.5. The van der Waals surface area contributed by atoms with Crippen LogP contribution in [-0.2, 0) is 0 Å². The van der Waals surface area contributed by atoms with E-state index in [1.807, 2.05) is 42.5 Å². The molecule has 0 saturated heterocycles. The van der Waals surface area contributed by atoms with E-state index >= 15 is 0 Å². The molecule has 33 heavy (non-hydrogen) atoms. The quantitative estimate of drug-likeness (QED) is 0.330. The van der Waals surface area contributed by atoms with Gasteiger partial charge in [0.15, 0.2) is 5.65 Å². The van der Waals surface area contributed by atoms with Gasteiger partial charge in [0.1, 0.15) is 16.9 Å². The first-order chi connectivity index (χ1) is 16.0. The number of rotatable bonds is 4. The number of carbonyl (C=O) groups excluding carboxylic acids is 1. The first-order valence-corrected chi connectivity index (χ1v) is 10.7. The largest absolute Gasteiger partial charge is 0.383 e. The van der Waals surface area contributed by atoms with Crippen molar-refractivity contribution in [3.63, 3.8) is 0 Å². The number of para-hydroxylation sites is 3. The zero-order valence-electron chi connectivity index (χ0n) is 17.0. The number of hydrogen-bond donors (Lipinski definition) is 2. The normalized spacial score (nSPS) is 11.5. The number of hydrogen-bond acceptors (Lipinski definition) is 5. The van der Waals surface area contributed by atoms with Gasteiger partial charge in [-0.2, -0.15) is 9.78 Å². The lowest BCUT2D eigenvalue weighted by Gasteiger charge is -2.05. The van der Waals surface area contributed by atoms with Crippen LogP contribution in [-0.4, -0.2) is 26.8 Å². The number of aromatic nitrogens is 3. The molecule has 1 amide bonds. The van der Waals surface area contributed by atoms with Crippen molar-refractivity contribution in [3.8, 4) is 0 Å². The lowest BCUT2D eigenvalue weighted by atomic mass is 10.2. The van der Waals surface area contributed by atoms with E-state index in [2.05, 4.69) is 20.4 Å². The summed E-state index contributed by atoms with van der Waals surface area (Å²) in [7, 11) is 0. The molecule has 0 saturated carbocycles. The molecule has 9 heteroatoms. The average molecular weight is 475 g/mol. The molecule has 0 spiro atoms. The Morgan fingerprint density at radius 3 is 2.36 bits per heavy atom. The van der Waals surface area contributed by atoms with Crippen LogP contribution in [0.5, 0.6) is 0 Å². The van der Waals surface area contributed by atoms with Crippen LogP contribution < -0.4 is 11.1 Å². The molecule has 0 fully saturated rings. The molecule has 0 atom stereocenters. The second kappa shape index (κ2) is 8.54. The fraction of sp³-hybridized carbons (Fsp3) is 0. The minimum absolute atomic E-state index is 0.116. The SMILES string of the molecule is Nc1c(C(=O)Nc2ccccc2)c2nc3ccccc3nc2n1N=Cc1ccc(Cl)c(Cl)c1. The zero-order chi connectivity index (χ0) is 22.9. The van der Waals surface area contributed by atoms with Gasteiger partial charge in [-0.15, -0.1) is 0 Å². The third-order valence-corrected chi connectivity index (χ3v) is 5.74. The predicted molar refractivity (Wildman–Crippen MR) is 133 cm³/mol. The lowest BCUT2D eigenvalue weighted by Crippen LogP contribution is -2.14. The first-order valence-electron chi connectivity index (χ1n) is 9.94. The molecule has 7 nitrogen and oxygen atoms in total. The van der Waals surface area contributed by atoms with Gasteiger partial charge in [0, 0.05) is 5.69 Å². The first kappa shape index (κ1) is 20.9. The van der Waals surface area contributed by atoms with Gasteiger partial charge in [-0.25, -0.2) is 9.97 Å². The summed E-state index contributed by atoms with van der Waals surface area (Å²) in [4.78, 5) is 22.5. The van der Waals surface area contributed by atoms with Crippen LogP contribution in [0, 0.1) is 0 Å². The minimum Gasteiger partial charge on any atom is -0.383 e. The number of nitrogens with zero attached hydrogens (tertiary/aromatic N) is 4. The van der Waals surface area contributed by atoms with Crippen molar-refractivity contribution in [1.82, 2.24) is 14.6 Å². The summed E-state index contributed by atoms with van der Waals surface area (Å²) in [5.74, 6) is -0.290. The Balaban J connectivity index is 1.67. The van der Waals surface area contributed by atoms with Gasteiger partial charge in [-0.05, 0) is 42.0 Å². The number of nitrogen functional groups attached to an aromatic ring is 1. The number of carbonyl (C=O) groups is 1. The van der Waals surface area contributed by atoms with E-state index in [4.69, 9.17) is 28.9 Å². The van der Waals surface area contributed by atoms with Gasteiger partial charge in [-0.3, -0.25) is 4.79 Å². The second-order valence-electron chi connectivity index (χ2n) is 7.19. The fourth-order valence-corrected chi connectivity index (χ4v) is 3.73. The standard InChI is InChI=1S/C24H16Cl2N6O/c25-16-11-10-14(12-17(16)26)13-28-32-22(27)20(24(33)29-15-6-2-1-3-7-15)21-23(32)31-19-9-5-4-8-18(19)30-21/h1-13H,27H2,(H,29,33). The van der Waals surface area contributed by atoms with E-state index in [9.17, 15) is 4.79 Å². The summed E-state index contributed by atoms with van der Waals surface area (Å²) in [6.07, 6.45) is 1.56. The topological polar surface area (TPSA) is 98.2 Å². The monoisotopic (exact) mass is 474 g/mol. The lowest BCUT2D eigenvalue weighted by molar-refractivity contribution is 0.102. The fourth-order valence-electron chi connectivity index (χ4n) is 3.42. The number of amides is 1. The Morgan fingerprint density at radius 2 is 1.64 bits per heavy atom. The molecule has 0 aliphatic carbocycles. The highest BCUT2D eigenvalue weighted by Gasteiger charge is 2.24. The molecule has 2 aromatic heterocycles. The van der Waals surface area contributed by atoms with Crippen molar-refractivity contribution in [2.45, 2.75) is 0 Å². The van der Waals surface area contributed by atoms with Crippen LogP contribution in [0.25, 0.3) is 22.2 Å². The number of fused-ring (bicyclic) bond motifs is 2.